The third kappa shape index (κ3) is 5.80. The van der Waals surface area contributed by atoms with Crippen LogP contribution in [0.3, 0.4) is 0 Å². The van der Waals surface area contributed by atoms with Crippen LogP contribution in [0.4, 0.5) is 5.69 Å². The number of aliphatic hydroxyl groups is 1. The number of rotatable bonds is 8. The van der Waals surface area contributed by atoms with E-state index in [1.54, 1.807) is 11.9 Å². The molecule has 186 valence electrons. The number of para-hydroxylation sites is 1. The third-order valence-corrected chi connectivity index (χ3v) is 7.45. The normalized spacial score (nSPS) is 22.9. The van der Waals surface area contributed by atoms with Crippen LogP contribution in [0.1, 0.15) is 76.7 Å². The molecule has 1 aliphatic carbocycles. The standard InChI is InChI=1S/C27H40N4O3/c1-3-4-13-23(32)21(18-19-14-15-19)26(33)29-24-27(34)30(2)22-12-8-7-11-20(22)25(28-24)31-16-9-5-6-10-17-31/h7-8,11-12,19,21,23-24,32H,3-6,9-10,13-18H2,1-2H3,(H,29,33)/t21-,23+,24-/m1/s1. The van der Waals surface area contributed by atoms with Crippen molar-refractivity contribution in [2.75, 3.05) is 25.0 Å². The summed E-state index contributed by atoms with van der Waals surface area (Å²) in [6.07, 6.45) is 8.26. The van der Waals surface area contributed by atoms with Gasteiger partial charge in [-0.25, -0.2) is 4.99 Å². The van der Waals surface area contributed by atoms with Crippen molar-refractivity contribution >= 4 is 23.3 Å². The molecule has 0 aromatic heterocycles. The molecule has 1 aromatic rings. The molecule has 7 nitrogen and oxygen atoms in total. The number of nitrogens with zero attached hydrogens (tertiary/aromatic N) is 3. The molecule has 0 radical (unpaired) electrons. The molecule has 2 aliphatic heterocycles. The van der Waals surface area contributed by atoms with Gasteiger partial charge in [-0.1, -0.05) is 57.6 Å². The topological polar surface area (TPSA) is 85.2 Å². The average Bonchev–Trinajstić information content (AvgIpc) is 3.70. The van der Waals surface area contributed by atoms with Gasteiger partial charge in [0.25, 0.3) is 5.91 Å². The molecule has 2 fully saturated rings. The highest BCUT2D eigenvalue weighted by Gasteiger charge is 2.37. The van der Waals surface area contributed by atoms with Gasteiger partial charge in [-0.3, -0.25) is 9.59 Å². The first-order valence-corrected chi connectivity index (χ1v) is 13.2. The fraction of sp³-hybridized carbons (Fsp3) is 0.667. The first-order chi connectivity index (χ1) is 16.5. The SMILES string of the molecule is CCCC[C@H](O)[C@@H](CC1CC1)C(=O)N[C@H]1N=C(N2CCCCCC2)c2ccccc2N(C)C1=O. The number of benzene rings is 1. The molecule has 0 spiro atoms. The van der Waals surface area contributed by atoms with Crippen molar-refractivity contribution < 1.29 is 14.7 Å². The molecule has 0 bridgehead atoms. The summed E-state index contributed by atoms with van der Waals surface area (Å²) in [4.78, 5) is 35.7. The quantitative estimate of drug-likeness (QED) is 0.609. The number of amidine groups is 1. The zero-order valence-corrected chi connectivity index (χ0v) is 20.7. The summed E-state index contributed by atoms with van der Waals surface area (Å²) in [6.45, 7) is 3.87. The highest BCUT2D eigenvalue weighted by Crippen LogP contribution is 2.37. The molecular weight excluding hydrogens is 428 g/mol. The number of carbonyl (C=O) groups excluding carboxylic acids is 2. The molecule has 1 saturated heterocycles. The second-order valence-electron chi connectivity index (χ2n) is 10.2. The number of aliphatic imine (C=N–C) groups is 1. The maximum absolute atomic E-state index is 13.5. The zero-order chi connectivity index (χ0) is 24.1. The van der Waals surface area contributed by atoms with Crippen molar-refractivity contribution in [2.24, 2.45) is 16.8 Å². The van der Waals surface area contributed by atoms with Crippen molar-refractivity contribution in [1.82, 2.24) is 10.2 Å². The van der Waals surface area contributed by atoms with Gasteiger partial charge in [0, 0.05) is 25.7 Å². The first-order valence-electron chi connectivity index (χ1n) is 13.2. The Morgan fingerprint density at radius 2 is 1.88 bits per heavy atom. The lowest BCUT2D eigenvalue weighted by molar-refractivity contribution is -0.133. The molecule has 3 aliphatic rings. The summed E-state index contributed by atoms with van der Waals surface area (Å²) in [5.41, 5.74) is 1.74. The summed E-state index contributed by atoms with van der Waals surface area (Å²) >= 11 is 0. The van der Waals surface area contributed by atoms with Gasteiger partial charge >= 0.3 is 0 Å². The molecule has 2 heterocycles. The van der Waals surface area contributed by atoms with Crippen LogP contribution in [-0.4, -0.2) is 60.1 Å². The minimum atomic E-state index is -0.997. The van der Waals surface area contributed by atoms with Crippen molar-refractivity contribution in [3.8, 4) is 0 Å². The van der Waals surface area contributed by atoms with E-state index in [9.17, 15) is 14.7 Å². The molecule has 3 atom stereocenters. The molecular formula is C27H40N4O3. The molecule has 0 unspecified atom stereocenters. The highest BCUT2D eigenvalue weighted by molar-refractivity contribution is 6.12. The van der Waals surface area contributed by atoms with E-state index in [1.165, 1.54) is 12.8 Å². The number of hydrogen-bond acceptors (Lipinski definition) is 5. The van der Waals surface area contributed by atoms with Crippen molar-refractivity contribution in [2.45, 2.75) is 83.4 Å². The number of amides is 2. The van der Waals surface area contributed by atoms with Gasteiger partial charge in [0.2, 0.25) is 12.1 Å². The molecule has 4 rings (SSSR count). The molecule has 1 aromatic carbocycles. The van der Waals surface area contributed by atoms with Crippen LogP contribution in [-0.2, 0) is 9.59 Å². The number of carbonyl (C=O) groups is 2. The fourth-order valence-corrected chi connectivity index (χ4v) is 5.14. The largest absolute Gasteiger partial charge is 0.392 e. The maximum atomic E-state index is 13.5. The fourth-order valence-electron chi connectivity index (χ4n) is 5.14. The van der Waals surface area contributed by atoms with E-state index in [-0.39, 0.29) is 11.8 Å². The monoisotopic (exact) mass is 468 g/mol. The smallest absolute Gasteiger partial charge is 0.272 e. The highest BCUT2D eigenvalue weighted by atomic mass is 16.3. The van der Waals surface area contributed by atoms with Crippen LogP contribution in [0, 0.1) is 11.8 Å². The van der Waals surface area contributed by atoms with Gasteiger partial charge in [0.15, 0.2) is 0 Å². The van der Waals surface area contributed by atoms with Gasteiger partial charge in [-0.2, -0.15) is 0 Å². The first kappa shape index (κ1) is 24.7. The predicted molar refractivity (Wildman–Crippen MR) is 135 cm³/mol. The lowest BCUT2D eigenvalue weighted by Gasteiger charge is -2.26. The lowest BCUT2D eigenvalue weighted by atomic mass is 9.91. The number of likely N-dealkylation sites (tertiary alicyclic amines) is 1. The molecule has 1 saturated carbocycles. The van der Waals surface area contributed by atoms with E-state index in [0.717, 1.165) is 68.7 Å². The van der Waals surface area contributed by atoms with Gasteiger partial charge in [0.05, 0.1) is 17.7 Å². The van der Waals surface area contributed by atoms with Crippen LogP contribution in [0.5, 0.6) is 0 Å². The Hall–Kier alpha value is -2.41. The van der Waals surface area contributed by atoms with E-state index in [4.69, 9.17) is 4.99 Å². The van der Waals surface area contributed by atoms with Crippen LogP contribution >= 0.6 is 0 Å². The van der Waals surface area contributed by atoms with E-state index in [2.05, 4.69) is 17.1 Å². The van der Waals surface area contributed by atoms with Gasteiger partial charge in [-0.05, 0) is 43.7 Å². The van der Waals surface area contributed by atoms with E-state index >= 15 is 0 Å². The number of anilines is 1. The van der Waals surface area contributed by atoms with E-state index < -0.39 is 18.2 Å². The number of fused-ring (bicyclic) bond motifs is 1. The Bertz CT molecular complexity index is 890. The van der Waals surface area contributed by atoms with Crippen molar-refractivity contribution in [3.05, 3.63) is 29.8 Å². The Morgan fingerprint density at radius 3 is 2.56 bits per heavy atom. The van der Waals surface area contributed by atoms with Crippen LogP contribution in [0.15, 0.2) is 29.3 Å². The Balaban J connectivity index is 1.62. The predicted octanol–water partition coefficient (Wildman–Crippen LogP) is 3.70. The van der Waals surface area contributed by atoms with Crippen LogP contribution in [0.2, 0.25) is 0 Å². The summed E-state index contributed by atoms with van der Waals surface area (Å²) in [6, 6.07) is 7.85. The Labute approximate surface area is 203 Å². The lowest BCUT2D eigenvalue weighted by Crippen LogP contribution is -2.50. The number of likely N-dealkylation sites (N-methyl/N-ethyl adjacent to an activating group) is 1. The number of benzodiazepines with no additional fused rings is 1. The van der Waals surface area contributed by atoms with Crippen LogP contribution < -0.4 is 10.2 Å². The minimum Gasteiger partial charge on any atom is -0.392 e. The second kappa shape index (κ2) is 11.3. The summed E-state index contributed by atoms with van der Waals surface area (Å²) in [5.74, 6) is 0.274. The molecule has 34 heavy (non-hydrogen) atoms. The van der Waals surface area contributed by atoms with E-state index in [1.807, 2.05) is 24.3 Å². The number of hydrogen-bond donors (Lipinski definition) is 2. The second-order valence-corrected chi connectivity index (χ2v) is 10.2. The van der Waals surface area contributed by atoms with Crippen LogP contribution in [0.25, 0.3) is 0 Å². The van der Waals surface area contributed by atoms with Gasteiger partial charge < -0.3 is 20.2 Å². The third-order valence-electron chi connectivity index (χ3n) is 7.45. The minimum absolute atomic E-state index is 0.251. The summed E-state index contributed by atoms with van der Waals surface area (Å²) in [7, 11) is 1.75. The van der Waals surface area contributed by atoms with Gasteiger partial charge in [0.1, 0.15) is 5.84 Å². The Kier molecular flexibility index (Phi) is 8.24. The van der Waals surface area contributed by atoms with Crippen molar-refractivity contribution in [1.29, 1.82) is 0 Å². The maximum Gasteiger partial charge on any atom is 0.272 e. The molecule has 7 heteroatoms. The van der Waals surface area contributed by atoms with Crippen molar-refractivity contribution in [3.63, 3.8) is 0 Å². The molecule has 2 amide bonds. The number of aliphatic hydroxyl groups excluding tert-OH is 1. The average molecular weight is 469 g/mol. The molecule has 2 N–H and O–H groups in total. The van der Waals surface area contributed by atoms with Gasteiger partial charge in [-0.15, -0.1) is 0 Å². The van der Waals surface area contributed by atoms with E-state index in [0.29, 0.717) is 18.8 Å². The Morgan fingerprint density at radius 1 is 1.18 bits per heavy atom. The summed E-state index contributed by atoms with van der Waals surface area (Å²) < 4.78 is 0. The zero-order valence-electron chi connectivity index (χ0n) is 20.7. The number of nitrogens with one attached hydrogen (secondary N) is 1. The number of unbranched alkanes of at least 4 members (excludes halogenated alkanes) is 1. The summed E-state index contributed by atoms with van der Waals surface area (Å²) in [5, 5.41) is 13.8.